The third-order valence-corrected chi connectivity index (χ3v) is 2.48. The SMILES string of the molecule is c1cnc(OCC2CCCC2)cn1. The van der Waals surface area contributed by atoms with Crippen LogP contribution in [0.25, 0.3) is 0 Å². The quantitative estimate of drug-likeness (QED) is 0.710. The summed E-state index contributed by atoms with van der Waals surface area (Å²) >= 11 is 0. The molecule has 0 aliphatic heterocycles. The highest BCUT2D eigenvalue weighted by atomic mass is 16.5. The highest BCUT2D eigenvalue weighted by molar-refractivity contribution is 5.01. The van der Waals surface area contributed by atoms with Crippen molar-refractivity contribution in [3.05, 3.63) is 18.6 Å². The van der Waals surface area contributed by atoms with E-state index in [1.165, 1.54) is 25.7 Å². The number of ether oxygens (including phenoxy) is 1. The molecule has 3 nitrogen and oxygen atoms in total. The molecule has 2 rings (SSSR count). The van der Waals surface area contributed by atoms with Gasteiger partial charge in [0.05, 0.1) is 12.8 Å². The average molecular weight is 178 g/mol. The summed E-state index contributed by atoms with van der Waals surface area (Å²) in [5.74, 6) is 1.39. The van der Waals surface area contributed by atoms with Gasteiger partial charge >= 0.3 is 0 Å². The zero-order valence-corrected chi connectivity index (χ0v) is 7.65. The molecule has 0 radical (unpaired) electrons. The molecule has 1 aromatic heterocycles. The molecule has 1 aromatic rings. The summed E-state index contributed by atoms with van der Waals surface area (Å²) in [7, 11) is 0. The van der Waals surface area contributed by atoms with E-state index in [2.05, 4.69) is 9.97 Å². The second kappa shape index (κ2) is 4.21. The Hall–Kier alpha value is -1.12. The van der Waals surface area contributed by atoms with Gasteiger partial charge in [0.1, 0.15) is 0 Å². The predicted octanol–water partition coefficient (Wildman–Crippen LogP) is 2.05. The molecule has 0 spiro atoms. The van der Waals surface area contributed by atoms with E-state index in [1.807, 2.05) is 0 Å². The molecule has 1 aliphatic carbocycles. The van der Waals surface area contributed by atoms with Crippen molar-refractivity contribution < 1.29 is 4.74 Å². The van der Waals surface area contributed by atoms with Crippen molar-refractivity contribution in [1.82, 2.24) is 9.97 Å². The second-order valence-corrected chi connectivity index (χ2v) is 3.51. The van der Waals surface area contributed by atoms with Gasteiger partial charge in [-0.1, -0.05) is 12.8 Å². The molecule has 0 aromatic carbocycles. The minimum absolute atomic E-state index is 0.648. The summed E-state index contributed by atoms with van der Waals surface area (Å²) in [6, 6.07) is 0. The number of hydrogen-bond acceptors (Lipinski definition) is 3. The first-order valence-corrected chi connectivity index (χ1v) is 4.84. The molecule has 1 saturated carbocycles. The van der Waals surface area contributed by atoms with Gasteiger partial charge < -0.3 is 4.74 Å². The Morgan fingerprint density at radius 3 is 2.85 bits per heavy atom. The van der Waals surface area contributed by atoms with Crippen LogP contribution in [-0.2, 0) is 0 Å². The maximum atomic E-state index is 5.52. The van der Waals surface area contributed by atoms with E-state index in [4.69, 9.17) is 4.74 Å². The maximum Gasteiger partial charge on any atom is 0.232 e. The fraction of sp³-hybridized carbons (Fsp3) is 0.600. The van der Waals surface area contributed by atoms with Crippen LogP contribution >= 0.6 is 0 Å². The van der Waals surface area contributed by atoms with E-state index < -0.39 is 0 Å². The summed E-state index contributed by atoms with van der Waals surface area (Å²) in [6.45, 7) is 0.804. The normalized spacial score (nSPS) is 17.5. The lowest BCUT2D eigenvalue weighted by atomic mass is 10.1. The molecule has 0 bridgehead atoms. The zero-order valence-electron chi connectivity index (χ0n) is 7.65. The maximum absolute atomic E-state index is 5.52. The highest BCUT2D eigenvalue weighted by Gasteiger charge is 2.15. The van der Waals surface area contributed by atoms with Crippen LogP contribution in [0.4, 0.5) is 0 Å². The number of nitrogens with zero attached hydrogens (tertiary/aromatic N) is 2. The van der Waals surface area contributed by atoms with Crippen LogP contribution in [0, 0.1) is 5.92 Å². The molecule has 0 unspecified atom stereocenters. The summed E-state index contributed by atoms with van der Waals surface area (Å²) in [5, 5.41) is 0. The van der Waals surface area contributed by atoms with E-state index in [0.717, 1.165) is 12.5 Å². The smallest absolute Gasteiger partial charge is 0.232 e. The van der Waals surface area contributed by atoms with Gasteiger partial charge in [0.2, 0.25) is 5.88 Å². The Kier molecular flexibility index (Phi) is 2.75. The lowest BCUT2D eigenvalue weighted by Gasteiger charge is -2.09. The van der Waals surface area contributed by atoms with E-state index in [1.54, 1.807) is 18.6 Å². The van der Waals surface area contributed by atoms with Gasteiger partial charge in [-0.05, 0) is 18.8 Å². The van der Waals surface area contributed by atoms with Crippen LogP contribution in [0.3, 0.4) is 0 Å². The van der Waals surface area contributed by atoms with Crippen molar-refractivity contribution in [2.24, 2.45) is 5.92 Å². The van der Waals surface area contributed by atoms with Gasteiger partial charge in [0.25, 0.3) is 0 Å². The molecule has 3 heteroatoms. The van der Waals surface area contributed by atoms with E-state index in [0.29, 0.717) is 5.88 Å². The first kappa shape index (κ1) is 8.48. The predicted molar refractivity (Wildman–Crippen MR) is 49.5 cm³/mol. The van der Waals surface area contributed by atoms with Crippen molar-refractivity contribution in [3.8, 4) is 5.88 Å². The second-order valence-electron chi connectivity index (χ2n) is 3.51. The van der Waals surface area contributed by atoms with Crippen LogP contribution < -0.4 is 4.74 Å². The van der Waals surface area contributed by atoms with E-state index >= 15 is 0 Å². The minimum Gasteiger partial charge on any atom is -0.476 e. The number of aromatic nitrogens is 2. The molecule has 1 fully saturated rings. The number of hydrogen-bond donors (Lipinski definition) is 0. The van der Waals surface area contributed by atoms with Crippen LogP contribution in [0.1, 0.15) is 25.7 Å². The first-order chi connectivity index (χ1) is 6.45. The highest BCUT2D eigenvalue weighted by Crippen LogP contribution is 2.24. The monoisotopic (exact) mass is 178 g/mol. The van der Waals surface area contributed by atoms with Crippen LogP contribution in [0.2, 0.25) is 0 Å². The van der Waals surface area contributed by atoms with Crippen LogP contribution in [-0.4, -0.2) is 16.6 Å². The van der Waals surface area contributed by atoms with E-state index in [-0.39, 0.29) is 0 Å². The van der Waals surface area contributed by atoms with Gasteiger partial charge in [-0.25, -0.2) is 4.98 Å². The van der Waals surface area contributed by atoms with Crippen molar-refractivity contribution in [2.45, 2.75) is 25.7 Å². The topological polar surface area (TPSA) is 35.0 Å². The van der Waals surface area contributed by atoms with E-state index in [9.17, 15) is 0 Å². The van der Waals surface area contributed by atoms with Gasteiger partial charge in [-0.15, -0.1) is 0 Å². The molecule has 0 N–H and O–H groups in total. The summed E-state index contributed by atoms with van der Waals surface area (Å²) in [4.78, 5) is 8.00. The molecule has 0 atom stereocenters. The van der Waals surface area contributed by atoms with Crippen LogP contribution in [0.15, 0.2) is 18.6 Å². The van der Waals surface area contributed by atoms with Crippen molar-refractivity contribution in [3.63, 3.8) is 0 Å². The van der Waals surface area contributed by atoms with Gasteiger partial charge in [-0.3, -0.25) is 4.98 Å². The fourth-order valence-electron chi connectivity index (χ4n) is 1.74. The molecular weight excluding hydrogens is 164 g/mol. The van der Waals surface area contributed by atoms with Gasteiger partial charge in [0.15, 0.2) is 0 Å². The molecule has 1 heterocycles. The Bertz CT molecular complexity index is 244. The van der Waals surface area contributed by atoms with Gasteiger partial charge in [0, 0.05) is 12.4 Å². The third kappa shape index (κ3) is 2.41. The van der Waals surface area contributed by atoms with Crippen molar-refractivity contribution in [1.29, 1.82) is 0 Å². The Balaban J connectivity index is 1.79. The lowest BCUT2D eigenvalue weighted by Crippen LogP contribution is -2.08. The first-order valence-electron chi connectivity index (χ1n) is 4.84. The Morgan fingerprint density at radius 2 is 2.15 bits per heavy atom. The standard InChI is InChI=1S/C10H14N2O/c1-2-4-9(3-1)8-13-10-7-11-5-6-12-10/h5-7,9H,1-4,8H2. The molecule has 13 heavy (non-hydrogen) atoms. The van der Waals surface area contributed by atoms with Crippen molar-refractivity contribution in [2.75, 3.05) is 6.61 Å². The Morgan fingerprint density at radius 1 is 1.31 bits per heavy atom. The van der Waals surface area contributed by atoms with Crippen molar-refractivity contribution >= 4 is 0 Å². The Labute approximate surface area is 78.2 Å². The summed E-state index contributed by atoms with van der Waals surface area (Å²) < 4.78 is 5.52. The number of rotatable bonds is 3. The molecule has 1 aliphatic rings. The summed E-state index contributed by atoms with van der Waals surface area (Å²) in [6.07, 6.45) is 10.3. The molecule has 0 amide bonds. The average Bonchev–Trinajstić information content (AvgIpc) is 2.69. The largest absolute Gasteiger partial charge is 0.476 e. The lowest BCUT2D eigenvalue weighted by molar-refractivity contribution is 0.242. The molecule has 0 saturated heterocycles. The van der Waals surface area contributed by atoms with Gasteiger partial charge in [-0.2, -0.15) is 0 Å². The zero-order chi connectivity index (χ0) is 8.93. The van der Waals surface area contributed by atoms with Crippen LogP contribution in [0.5, 0.6) is 5.88 Å². The summed E-state index contributed by atoms with van der Waals surface area (Å²) in [5.41, 5.74) is 0. The molecule has 70 valence electrons. The fourth-order valence-corrected chi connectivity index (χ4v) is 1.74. The molecular formula is C10H14N2O. The minimum atomic E-state index is 0.648. The third-order valence-electron chi connectivity index (χ3n) is 2.48.